The second-order valence-corrected chi connectivity index (χ2v) is 3.85. The van der Waals surface area contributed by atoms with Crippen LogP contribution >= 0.6 is 0 Å². The number of hydrogen-bond donors (Lipinski definition) is 1. The molecule has 0 saturated carbocycles. The Bertz CT molecular complexity index is 356. The Balaban J connectivity index is 1.94. The van der Waals surface area contributed by atoms with Gasteiger partial charge in [0.25, 0.3) is 0 Å². The summed E-state index contributed by atoms with van der Waals surface area (Å²) in [5, 5.41) is 2.87. The fraction of sp³-hybridized carbons (Fsp3) is 0.417. The molecule has 0 unspecified atom stereocenters. The molecule has 0 radical (unpaired) electrons. The number of rotatable bonds is 2. The lowest BCUT2D eigenvalue weighted by molar-refractivity contribution is 0.222. The largest absolute Gasteiger partial charge is 0.497 e. The van der Waals surface area contributed by atoms with E-state index in [1.54, 1.807) is 7.11 Å². The molecule has 4 nitrogen and oxygen atoms in total. The van der Waals surface area contributed by atoms with E-state index < -0.39 is 0 Å². The van der Waals surface area contributed by atoms with Gasteiger partial charge in [-0.15, -0.1) is 0 Å². The molecule has 0 spiro atoms. The highest BCUT2D eigenvalue weighted by molar-refractivity contribution is 5.89. The number of likely N-dealkylation sites (tertiary alicyclic amines) is 1. The maximum Gasteiger partial charge on any atom is 0.321 e. The molecule has 1 saturated heterocycles. The van der Waals surface area contributed by atoms with Gasteiger partial charge in [0.15, 0.2) is 0 Å². The summed E-state index contributed by atoms with van der Waals surface area (Å²) in [6, 6.07) is 7.33. The first-order valence-corrected chi connectivity index (χ1v) is 5.49. The van der Waals surface area contributed by atoms with Crippen molar-refractivity contribution in [2.45, 2.75) is 12.8 Å². The summed E-state index contributed by atoms with van der Waals surface area (Å²) < 4.78 is 5.05. The summed E-state index contributed by atoms with van der Waals surface area (Å²) in [6.45, 7) is 1.73. The molecule has 1 N–H and O–H groups in total. The topological polar surface area (TPSA) is 41.6 Å². The van der Waals surface area contributed by atoms with E-state index in [4.69, 9.17) is 4.74 Å². The van der Waals surface area contributed by atoms with Gasteiger partial charge < -0.3 is 15.0 Å². The molecule has 1 aromatic carbocycles. The van der Waals surface area contributed by atoms with Crippen molar-refractivity contribution in [1.82, 2.24) is 4.90 Å². The van der Waals surface area contributed by atoms with Crippen molar-refractivity contribution < 1.29 is 9.53 Å². The number of urea groups is 1. The summed E-state index contributed by atoms with van der Waals surface area (Å²) in [6.07, 6.45) is 2.21. The molecule has 1 fully saturated rings. The highest BCUT2D eigenvalue weighted by atomic mass is 16.5. The number of ether oxygens (including phenoxy) is 1. The summed E-state index contributed by atoms with van der Waals surface area (Å²) in [5.74, 6) is 0.791. The van der Waals surface area contributed by atoms with E-state index in [1.165, 1.54) is 0 Å². The number of carbonyl (C=O) groups excluding carboxylic acids is 1. The van der Waals surface area contributed by atoms with Gasteiger partial charge in [0, 0.05) is 18.8 Å². The average molecular weight is 220 g/mol. The van der Waals surface area contributed by atoms with Crippen molar-refractivity contribution in [3.8, 4) is 5.75 Å². The molecule has 0 atom stereocenters. The molecule has 2 amide bonds. The zero-order valence-electron chi connectivity index (χ0n) is 9.40. The number of anilines is 1. The van der Waals surface area contributed by atoms with Crippen LogP contribution in [0.3, 0.4) is 0 Å². The molecular formula is C12H16N2O2. The van der Waals surface area contributed by atoms with Crippen LogP contribution in [0.15, 0.2) is 24.3 Å². The minimum atomic E-state index is -0.0114. The van der Waals surface area contributed by atoms with E-state index >= 15 is 0 Å². The summed E-state index contributed by atoms with van der Waals surface area (Å²) in [7, 11) is 1.62. The van der Waals surface area contributed by atoms with Gasteiger partial charge in [-0.25, -0.2) is 4.79 Å². The fourth-order valence-corrected chi connectivity index (χ4v) is 1.80. The number of nitrogens with one attached hydrogen (secondary N) is 1. The minimum absolute atomic E-state index is 0.0114. The van der Waals surface area contributed by atoms with Gasteiger partial charge in [0.2, 0.25) is 0 Å². The van der Waals surface area contributed by atoms with Gasteiger partial charge in [-0.1, -0.05) is 0 Å². The molecule has 1 aliphatic rings. The lowest BCUT2D eigenvalue weighted by Crippen LogP contribution is -2.32. The van der Waals surface area contributed by atoms with E-state index in [-0.39, 0.29) is 6.03 Å². The van der Waals surface area contributed by atoms with Crippen molar-refractivity contribution in [3.63, 3.8) is 0 Å². The molecule has 4 heteroatoms. The van der Waals surface area contributed by atoms with Crippen LogP contribution in [0.2, 0.25) is 0 Å². The number of nitrogens with zero attached hydrogens (tertiary/aromatic N) is 1. The Morgan fingerprint density at radius 1 is 1.25 bits per heavy atom. The lowest BCUT2D eigenvalue weighted by Gasteiger charge is -2.16. The van der Waals surface area contributed by atoms with Crippen LogP contribution < -0.4 is 10.1 Å². The van der Waals surface area contributed by atoms with E-state index in [0.29, 0.717) is 0 Å². The molecular weight excluding hydrogens is 204 g/mol. The van der Waals surface area contributed by atoms with Crippen LogP contribution in [0.5, 0.6) is 5.75 Å². The van der Waals surface area contributed by atoms with Gasteiger partial charge in [-0.05, 0) is 37.1 Å². The van der Waals surface area contributed by atoms with E-state index in [9.17, 15) is 4.79 Å². The van der Waals surface area contributed by atoms with Gasteiger partial charge >= 0.3 is 6.03 Å². The normalized spacial score (nSPS) is 14.9. The zero-order valence-corrected chi connectivity index (χ0v) is 9.40. The first kappa shape index (κ1) is 10.8. The second-order valence-electron chi connectivity index (χ2n) is 3.85. The van der Waals surface area contributed by atoms with E-state index in [0.717, 1.165) is 37.4 Å². The Labute approximate surface area is 95.2 Å². The second kappa shape index (κ2) is 4.88. The standard InChI is InChI=1S/C12H16N2O2/c1-16-11-6-4-10(5-7-11)13-12(15)14-8-2-3-9-14/h4-7H,2-3,8-9H2,1H3,(H,13,15). The van der Waals surface area contributed by atoms with Gasteiger partial charge in [0.05, 0.1) is 7.11 Å². The predicted molar refractivity (Wildman–Crippen MR) is 62.8 cm³/mol. The number of benzene rings is 1. The Morgan fingerprint density at radius 3 is 2.44 bits per heavy atom. The Hall–Kier alpha value is -1.71. The third kappa shape index (κ3) is 2.45. The molecule has 16 heavy (non-hydrogen) atoms. The minimum Gasteiger partial charge on any atom is -0.497 e. The van der Waals surface area contributed by atoms with Gasteiger partial charge in [0.1, 0.15) is 5.75 Å². The predicted octanol–water partition coefficient (Wildman–Crippen LogP) is 2.32. The molecule has 1 heterocycles. The Morgan fingerprint density at radius 2 is 1.88 bits per heavy atom. The van der Waals surface area contributed by atoms with Crippen LogP contribution in [0, 0.1) is 0 Å². The average Bonchev–Trinajstić information content (AvgIpc) is 2.83. The van der Waals surface area contributed by atoms with Crippen LogP contribution in [0.4, 0.5) is 10.5 Å². The van der Waals surface area contributed by atoms with Gasteiger partial charge in [-0.3, -0.25) is 0 Å². The molecule has 0 bridgehead atoms. The highest BCUT2D eigenvalue weighted by Crippen LogP contribution is 2.16. The maximum atomic E-state index is 11.8. The van der Waals surface area contributed by atoms with Crippen LogP contribution in [0.25, 0.3) is 0 Å². The number of hydrogen-bond acceptors (Lipinski definition) is 2. The smallest absolute Gasteiger partial charge is 0.321 e. The zero-order chi connectivity index (χ0) is 11.4. The molecule has 2 rings (SSSR count). The summed E-state index contributed by atoms with van der Waals surface area (Å²) in [5.41, 5.74) is 0.803. The van der Waals surface area contributed by atoms with Crippen molar-refractivity contribution in [3.05, 3.63) is 24.3 Å². The third-order valence-corrected chi connectivity index (χ3v) is 2.73. The first-order chi connectivity index (χ1) is 7.79. The summed E-state index contributed by atoms with van der Waals surface area (Å²) in [4.78, 5) is 13.6. The number of amides is 2. The molecule has 1 aromatic rings. The van der Waals surface area contributed by atoms with Gasteiger partial charge in [-0.2, -0.15) is 0 Å². The Kier molecular flexibility index (Phi) is 3.29. The summed E-state index contributed by atoms with van der Waals surface area (Å²) >= 11 is 0. The maximum absolute atomic E-state index is 11.8. The van der Waals surface area contributed by atoms with Crippen molar-refractivity contribution in [1.29, 1.82) is 0 Å². The van der Waals surface area contributed by atoms with E-state index in [1.807, 2.05) is 29.2 Å². The molecule has 0 aromatic heterocycles. The SMILES string of the molecule is COc1ccc(NC(=O)N2CCCC2)cc1. The van der Waals surface area contributed by atoms with Crippen molar-refractivity contribution in [2.24, 2.45) is 0 Å². The van der Waals surface area contributed by atoms with Crippen molar-refractivity contribution in [2.75, 3.05) is 25.5 Å². The van der Waals surface area contributed by atoms with E-state index in [2.05, 4.69) is 5.32 Å². The number of methoxy groups -OCH3 is 1. The molecule has 0 aliphatic carbocycles. The third-order valence-electron chi connectivity index (χ3n) is 2.73. The van der Waals surface area contributed by atoms with Crippen LogP contribution in [-0.2, 0) is 0 Å². The van der Waals surface area contributed by atoms with Crippen LogP contribution in [-0.4, -0.2) is 31.1 Å². The quantitative estimate of drug-likeness (QED) is 0.831. The monoisotopic (exact) mass is 220 g/mol. The molecule has 86 valence electrons. The fourth-order valence-electron chi connectivity index (χ4n) is 1.80. The van der Waals surface area contributed by atoms with Crippen molar-refractivity contribution >= 4 is 11.7 Å². The lowest BCUT2D eigenvalue weighted by atomic mass is 10.3. The number of carbonyl (C=O) groups is 1. The highest BCUT2D eigenvalue weighted by Gasteiger charge is 2.17. The first-order valence-electron chi connectivity index (χ1n) is 5.49. The molecule has 1 aliphatic heterocycles. The van der Waals surface area contributed by atoms with Crippen LogP contribution in [0.1, 0.15) is 12.8 Å².